The van der Waals surface area contributed by atoms with Crippen molar-refractivity contribution in [3.05, 3.63) is 27.7 Å². The zero-order valence-electron chi connectivity index (χ0n) is 8.34. The number of nitrogens with zero attached hydrogens (tertiary/aromatic N) is 1. The van der Waals surface area contributed by atoms with Crippen molar-refractivity contribution in [1.29, 1.82) is 0 Å². The summed E-state index contributed by atoms with van der Waals surface area (Å²) < 4.78 is 0.853. The van der Waals surface area contributed by atoms with Crippen LogP contribution in [0.25, 0.3) is 0 Å². The lowest BCUT2D eigenvalue weighted by Crippen LogP contribution is -2.27. The minimum atomic E-state index is 0.193. The van der Waals surface area contributed by atoms with Crippen LogP contribution in [0, 0.1) is 5.92 Å². The molecule has 0 unspecified atom stereocenters. The second-order valence-electron chi connectivity index (χ2n) is 3.77. The zero-order valence-corrected chi connectivity index (χ0v) is 10.7. The molecule has 2 rings (SSSR count). The van der Waals surface area contributed by atoms with E-state index >= 15 is 0 Å². The van der Waals surface area contributed by atoms with Crippen LogP contribution in [0.15, 0.2) is 22.7 Å². The maximum absolute atomic E-state index is 11.8. The lowest BCUT2D eigenvalue weighted by molar-refractivity contribution is -0.119. The highest BCUT2D eigenvalue weighted by atomic mass is 79.9. The van der Waals surface area contributed by atoms with Crippen molar-refractivity contribution >= 4 is 39.1 Å². The monoisotopic (exact) mass is 287 g/mol. The fraction of sp³-hybridized carbons (Fsp3) is 0.364. The first kappa shape index (κ1) is 11.0. The van der Waals surface area contributed by atoms with Gasteiger partial charge in [-0.05, 0) is 47.0 Å². The van der Waals surface area contributed by atoms with Gasteiger partial charge in [0.2, 0.25) is 5.91 Å². The number of rotatable bonds is 2. The number of hydrogen-bond acceptors (Lipinski definition) is 1. The van der Waals surface area contributed by atoms with Gasteiger partial charge in [-0.15, -0.1) is 0 Å². The van der Waals surface area contributed by atoms with E-state index in [4.69, 9.17) is 11.6 Å². The summed E-state index contributed by atoms with van der Waals surface area (Å²) in [5, 5.41) is 0.665. The van der Waals surface area contributed by atoms with Gasteiger partial charge in [0, 0.05) is 22.5 Å². The van der Waals surface area contributed by atoms with Crippen molar-refractivity contribution in [3.8, 4) is 0 Å². The maximum atomic E-state index is 11.8. The molecule has 2 nitrogen and oxygen atoms in total. The molecule has 4 heteroatoms. The van der Waals surface area contributed by atoms with Crippen LogP contribution in [-0.4, -0.2) is 13.0 Å². The Morgan fingerprint density at radius 1 is 1.53 bits per heavy atom. The Hall–Kier alpha value is -0.540. The van der Waals surface area contributed by atoms with E-state index in [2.05, 4.69) is 15.9 Å². The van der Waals surface area contributed by atoms with E-state index in [1.54, 1.807) is 24.1 Å². The van der Waals surface area contributed by atoms with Crippen molar-refractivity contribution in [2.45, 2.75) is 12.8 Å². The van der Waals surface area contributed by atoms with E-state index in [0.29, 0.717) is 5.02 Å². The van der Waals surface area contributed by atoms with Crippen molar-refractivity contribution in [2.24, 2.45) is 5.92 Å². The van der Waals surface area contributed by atoms with Gasteiger partial charge in [0.15, 0.2) is 0 Å². The summed E-state index contributed by atoms with van der Waals surface area (Å²) in [4.78, 5) is 13.5. The molecular formula is C11H11BrClNO. The van der Waals surface area contributed by atoms with Crippen LogP contribution in [0.4, 0.5) is 5.69 Å². The van der Waals surface area contributed by atoms with E-state index < -0.39 is 0 Å². The molecule has 1 aliphatic rings. The topological polar surface area (TPSA) is 20.3 Å². The Labute approximate surface area is 102 Å². The SMILES string of the molecule is CN(C(=O)C1CC1)c1ccc(Cl)cc1Br. The largest absolute Gasteiger partial charge is 0.314 e. The van der Waals surface area contributed by atoms with Gasteiger partial charge >= 0.3 is 0 Å². The number of carbonyl (C=O) groups is 1. The maximum Gasteiger partial charge on any atom is 0.229 e. The van der Waals surface area contributed by atoms with Gasteiger partial charge in [-0.3, -0.25) is 4.79 Å². The molecule has 1 fully saturated rings. The van der Waals surface area contributed by atoms with E-state index in [-0.39, 0.29) is 11.8 Å². The van der Waals surface area contributed by atoms with Gasteiger partial charge in [0.25, 0.3) is 0 Å². The number of halogens is 2. The van der Waals surface area contributed by atoms with Gasteiger partial charge in [-0.1, -0.05) is 11.6 Å². The third-order valence-corrected chi connectivity index (χ3v) is 3.40. The molecule has 0 N–H and O–H groups in total. The van der Waals surface area contributed by atoms with Crippen LogP contribution in [0.2, 0.25) is 5.02 Å². The van der Waals surface area contributed by atoms with E-state index in [0.717, 1.165) is 23.0 Å². The average molecular weight is 289 g/mol. The lowest BCUT2D eigenvalue weighted by Gasteiger charge is -2.18. The molecule has 0 spiro atoms. The quantitative estimate of drug-likeness (QED) is 0.816. The lowest BCUT2D eigenvalue weighted by atomic mass is 10.2. The highest BCUT2D eigenvalue weighted by Crippen LogP contribution is 2.35. The van der Waals surface area contributed by atoms with Crippen LogP contribution in [0.1, 0.15) is 12.8 Å². The number of anilines is 1. The Bertz CT molecular complexity index is 404. The van der Waals surface area contributed by atoms with Crippen LogP contribution < -0.4 is 4.90 Å². The summed E-state index contributed by atoms with van der Waals surface area (Å²) in [6, 6.07) is 5.44. The predicted molar refractivity (Wildman–Crippen MR) is 65.3 cm³/mol. The molecule has 1 aromatic carbocycles. The fourth-order valence-electron chi connectivity index (χ4n) is 1.48. The minimum absolute atomic E-state index is 0.193. The Morgan fingerprint density at radius 2 is 2.20 bits per heavy atom. The summed E-state index contributed by atoms with van der Waals surface area (Å²) in [6.07, 6.45) is 2.04. The number of amides is 1. The van der Waals surface area contributed by atoms with Crippen LogP contribution in [0.5, 0.6) is 0 Å². The Balaban J connectivity index is 2.24. The van der Waals surface area contributed by atoms with Crippen molar-refractivity contribution in [2.75, 3.05) is 11.9 Å². The van der Waals surface area contributed by atoms with Crippen molar-refractivity contribution in [3.63, 3.8) is 0 Å². The van der Waals surface area contributed by atoms with Crippen LogP contribution >= 0.6 is 27.5 Å². The second-order valence-corrected chi connectivity index (χ2v) is 5.06. The first-order chi connectivity index (χ1) is 7.09. The molecule has 0 heterocycles. The predicted octanol–water partition coefficient (Wildman–Crippen LogP) is 3.48. The van der Waals surface area contributed by atoms with Gasteiger partial charge in [0.05, 0.1) is 5.69 Å². The second kappa shape index (κ2) is 4.14. The molecule has 0 saturated heterocycles. The molecule has 0 radical (unpaired) electrons. The van der Waals surface area contributed by atoms with E-state index in [1.807, 2.05) is 6.07 Å². The van der Waals surface area contributed by atoms with Crippen molar-refractivity contribution < 1.29 is 4.79 Å². The first-order valence-corrected chi connectivity index (χ1v) is 5.99. The van der Waals surface area contributed by atoms with Gasteiger partial charge in [-0.25, -0.2) is 0 Å². The van der Waals surface area contributed by atoms with E-state index in [9.17, 15) is 4.79 Å². The minimum Gasteiger partial charge on any atom is -0.314 e. The summed E-state index contributed by atoms with van der Waals surface area (Å²) in [6.45, 7) is 0. The summed E-state index contributed by atoms with van der Waals surface area (Å²) in [7, 11) is 1.80. The third-order valence-electron chi connectivity index (χ3n) is 2.53. The molecule has 1 saturated carbocycles. The molecule has 1 amide bonds. The first-order valence-electron chi connectivity index (χ1n) is 4.82. The van der Waals surface area contributed by atoms with Gasteiger partial charge in [0.1, 0.15) is 0 Å². The average Bonchev–Trinajstić information content (AvgIpc) is 2.99. The molecule has 1 aliphatic carbocycles. The molecule has 1 aromatic rings. The van der Waals surface area contributed by atoms with Crippen molar-refractivity contribution in [1.82, 2.24) is 0 Å². The molecule has 0 atom stereocenters. The van der Waals surface area contributed by atoms with E-state index in [1.165, 1.54) is 0 Å². The van der Waals surface area contributed by atoms with Crippen LogP contribution in [-0.2, 0) is 4.79 Å². The molecule has 15 heavy (non-hydrogen) atoms. The molecule has 0 aliphatic heterocycles. The Kier molecular flexibility index (Phi) is 3.03. The van der Waals surface area contributed by atoms with Crippen LogP contribution in [0.3, 0.4) is 0 Å². The number of hydrogen-bond donors (Lipinski definition) is 0. The molecule has 0 bridgehead atoms. The summed E-state index contributed by atoms with van der Waals surface area (Å²) in [5.41, 5.74) is 0.872. The summed E-state index contributed by atoms with van der Waals surface area (Å²) in [5.74, 6) is 0.426. The highest BCUT2D eigenvalue weighted by Gasteiger charge is 2.32. The van der Waals surface area contributed by atoms with Gasteiger partial charge in [-0.2, -0.15) is 0 Å². The number of carbonyl (C=O) groups excluding carboxylic acids is 1. The highest BCUT2D eigenvalue weighted by molar-refractivity contribution is 9.10. The smallest absolute Gasteiger partial charge is 0.229 e. The Morgan fingerprint density at radius 3 is 2.73 bits per heavy atom. The van der Waals surface area contributed by atoms with Gasteiger partial charge < -0.3 is 4.90 Å². The third kappa shape index (κ3) is 2.34. The molecule has 80 valence electrons. The number of benzene rings is 1. The normalized spacial score (nSPS) is 15.1. The standard InChI is InChI=1S/C11H11BrClNO/c1-14(11(15)7-2-3-7)10-5-4-8(13)6-9(10)12/h4-7H,2-3H2,1H3. The summed E-state index contributed by atoms with van der Waals surface area (Å²) >= 11 is 9.25. The molecular weight excluding hydrogens is 277 g/mol. The fourth-order valence-corrected chi connectivity index (χ4v) is 2.42. The zero-order chi connectivity index (χ0) is 11.0. The molecule has 0 aromatic heterocycles.